The van der Waals surface area contributed by atoms with Crippen molar-refractivity contribution in [3.8, 4) is 0 Å². The Kier molecular flexibility index (Phi) is 4.41. The third-order valence-corrected chi connectivity index (χ3v) is 4.10. The van der Waals surface area contributed by atoms with Gasteiger partial charge < -0.3 is 0 Å². The first-order valence-electron chi connectivity index (χ1n) is 7.45. The molecule has 2 aliphatic carbocycles. The van der Waals surface area contributed by atoms with E-state index in [0.29, 0.717) is 24.5 Å². The number of hydrogen-bond donors (Lipinski definition) is 0. The molecule has 0 heterocycles. The summed E-state index contributed by atoms with van der Waals surface area (Å²) in [6, 6.07) is 3.57. The van der Waals surface area contributed by atoms with E-state index < -0.39 is 35.2 Å². The van der Waals surface area contributed by atoms with Gasteiger partial charge in [-0.2, -0.15) is 0 Å². The number of halogens is 5. The van der Waals surface area contributed by atoms with Crippen LogP contribution in [0.4, 0.5) is 22.0 Å². The highest BCUT2D eigenvalue weighted by Gasteiger charge is 2.33. The summed E-state index contributed by atoms with van der Waals surface area (Å²) in [4.78, 5) is 22.0. The summed E-state index contributed by atoms with van der Waals surface area (Å²) in [5, 5.41) is 0. The van der Waals surface area contributed by atoms with Crippen LogP contribution in [-0.4, -0.2) is 17.7 Å². The molecule has 2 aromatic carbocycles. The van der Waals surface area contributed by atoms with Crippen LogP contribution in [0.5, 0.6) is 0 Å². The van der Waals surface area contributed by atoms with Crippen molar-refractivity contribution < 1.29 is 31.5 Å². The van der Waals surface area contributed by atoms with Gasteiger partial charge in [-0.25, -0.2) is 22.0 Å². The molecule has 0 aromatic heterocycles. The number of Topliss-reactive ketones (excluding diaryl/α,β-unsaturated/α-hetero) is 2. The molecule has 0 amide bonds. The van der Waals surface area contributed by atoms with E-state index in [1.165, 1.54) is 6.07 Å². The zero-order valence-electron chi connectivity index (χ0n) is 12.7. The van der Waals surface area contributed by atoms with Gasteiger partial charge in [0.1, 0.15) is 23.3 Å². The molecule has 2 aliphatic rings. The normalized spacial score (nSPS) is 17.9. The maximum Gasteiger partial charge on any atom is 0.200 e. The Morgan fingerprint density at radius 2 is 1.32 bits per heavy atom. The van der Waals surface area contributed by atoms with Crippen molar-refractivity contribution >= 4 is 11.6 Å². The highest BCUT2D eigenvalue weighted by molar-refractivity contribution is 6.04. The minimum Gasteiger partial charge on any atom is -0.294 e. The van der Waals surface area contributed by atoms with E-state index >= 15 is 0 Å². The largest absolute Gasteiger partial charge is 0.294 e. The van der Waals surface area contributed by atoms with Gasteiger partial charge in [-0.05, 0) is 29.7 Å². The predicted octanol–water partition coefficient (Wildman–Crippen LogP) is 4.14. The van der Waals surface area contributed by atoms with E-state index in [-0.39, 0.29) is 28.9 Å². The van der Waals surface area contributed by atoms with Crippen LogP contribution < -0.4 is 0 Å². The van der Waals surface area contributed by atoms with Crippen LogP contribution >= 0.6 is 0 Å². The van der Waals surface area contributed by atoms with Gasteiger partial charge in [-0.3, -0.25) is 9.59 Å². The van der Waals surface area contributed by atoms with Crippen LogP contribution in [0.2, 0.25) is 0 Å². The van der Waals surface area contributed by atoms with Crippen molar-refractivity contribution in [3.05, 3.63) is 69.8 Å². The van der Waals surface area contributed by atoms with E-state index in [2.05, 4.69) is 0 Å². The zero-order valence-corrected chi connectivity index (χ0v) is 12.7. The molecule has 1 atom stereocenters. The molecule has 0 saturated heterocycles. The lowest BCUT2D eigenvalue weighted by atomic mass is 10.1. The summed E-state index contributed by atoms with van der Waals surface area (Å²) in [6.45, 7) is 0. The van der Waals surface area contributed by atoms with Crippen molar-refractivity contribution in [3.63, 3.8) is 0 Å². The molecule has 7 heteroatoms. The maximum atomic E-state index is 12.9. The molecule has 1 unspecified atom stereocenters. The van der Waals surface area contributed by atoms with Crippen molar-refractivity contribution in [1.82, 2.24) is 0 Å². The van der Waals surface area contributed by atoms with Crippen molar-refractivity contribution in [2.24, 2.45) is 0 Å². The van der Waals surface area contributed by atoms with Gasteiger partial charge in [0, 0.05) is 25.0 Å². The van der Waals surface area contributed by atoms with E-state index in [1.54, 1.807) is 0 Å². The van der Waals surface area contributed by atoms with Crippen molar-refractivity contribution in [2.45, 2.75) is 25.4 Å². The number of carbonyl (C=O) groups excluding carboxylic acids is 2. The fourth-order valence-corrected chi connectivity index (χ4v) is 3.02. The van der Waals surface area contributed by atoms with Gasteiger partial charge in [0.05, 0.1) is 11.1 Å². The number of alkyl halides is 1. The molecule has 0 saturated carbocycles. The van der Waals surface area contributed by atoms with Gasteiger partial charge >= 0.3 is 0 Å². The average Bonchev–Trinajstić information content (AvgIpc) is 3.00. The van der Waals surface area contributed by atoms with Gasteiger partial charge in [0.15, 0.2) is 17.7 Å². The summed E-state index contributed by atoms with van der Waals surface area (Å²) < 4.78 is 63.9. The highest BCUT2D eigenvalue weighted by atomic mass is 19.1. The number of aryl methyl sites for hydroxylation is 1. The van der Waals surface area contributed by atoms with Gasteiger partial charge in [0.2, 0.25) is 0 Å². The molecular weight excluding hydrogens is 343 g/mol. The lowest BCUT2D eigenvalue weighted by Gasteiger charge is -1.98. The van der Waals surface area contributed by atoms with Crippen LogP contribution in [0, 0.1) is 23.3 Å². The number of carbonyl (C=O) groups is 2. The van der Waals surface area contributed by atoms with Crippen molar-refractivity contribution in [1.29, 1.82) is 0 Å². The van der Waals surface area contributed by atoms with Crippen LogP contribution in [0.25, 0.3) is 0 Å². The van der Waals surface area contributed by atoms with E-state index in [9.17, 15) is 31.5 Å². The molecule has 0 spiro atoms. The van der Waals surface area contributed by atoms with E-state index in [1.807, 2.05) is 0 Å². The first-order chi connectivity index (χ1) is 11.8. The summed E-state index contributed by atoms with van der Waals surface area (Å²) in [5.41, 5.74) is 0.401. The number of ketones is 2. The molecule has 0 N–H and O–H groups in total. The van der Waals surface area contributed by atoms with E-state index in [4.69, 9.17) is 0 Å². The van der Waals surface area contributed by atoms with Gasteiger partial charge in [-0.15, -0.1) is 0 Å². The second-order valence-electron chi connectivity index (χ2n) is 5.80. The average molecular weight is 354 g/mol. The quantitative estimate of drug-likeness (QED) is 0.667. The van der Waals surface area contributed by atoms with E-state index in [0.717, 1.165) is 12.1 Å². The Labute approximate surface area is 139 Å². The smallest absolute Gasteiger partial charge is 0.200 e. The first-order valence-corrected chi connectivity index (χ1v) is 7.45. The Hall–Kier alpha value is -2.57. The SMILES string of the molecule is O=C1CCc2cc(F)cc(F)c21.O=C1c2c(F)cc(F)cc2CC1F. The molecule has 2 aromatic rings. The maximum absolute atomic E-state index is 12.9. The monoisotopic (exact) mass is 354 g/mol. The number of hydrogen-bond acceptors (Lipinski definition) is 2. The van der Waals surface area contributed by atoms with Crippen LogP contribution in [0.15, 0.2) is 24.3 Å². The molecule has 0 radical (unpaired) electrons. The topological polar surface area (TPSA) is 34.1 Å². The number of benzene rings is 2. The first kappa shape index (κ1) is 17.3. The highest BCUT2D eigenvalue weighted by Crippen LogP contribution is 2.27. The number of fused-ring (bicyclic) bond motifs is 2. The third kappa shape index (κ3) is 3.18. The van der Waals surface area contributed by atoms with Gasteiger partial charge in [-0.1, -0.05) is 0 Å². The predicted molar refractivity (Wildman–Crippen MR) is 78.3 cm³/mol. The molecule has 0 bridgehead atoms. The van der Waals surface area contributed by atoms with Gasteiger partial charge in [0.25, 0.3) is 0 Å². The summed E-state index contributed by atoms with van der Waals surface area (Å²) in [5.74, 6) is -4.19. The Balaban J connectivity index is 0.000000146. The summed E-state index contributed by atoms with van der Waals surface area (Å²) in [6.07, 6.45) is -1.17. The van der Waals surface area contributed by atoms with Crippen molar-refractivity contribution in [2.75, 3.05) is 0 Å². The second-order valence-corrected chi connectivity index (χ2v) is 5.80. The molecule has 0 aliphatic heterocycles. The molecule has 130 valence electrons. The van der Waals surface area contributed by atoms with Crippen LogP contribution in [0.1, 0.15) is 38.3 Å². The summed E-state index contributed by atoms with van der Waals surface area (Å²) >= 11 is 0. The number of rotatable bonds is 0. The molecule has 0 fully saturated rings. The lowest BCUT2D eigenvalue weighted by molar-refractivity contribution is 0.0895. The Bertz CT molecular complexity index is 892. The summed E-state index contributed by atoms with van der Waals surface area (Å²) in [7, 11) is 0. The third-order valence-electron chi connectivity index (χ3n) is 4.10. The lowest BCUT2D eigenvalue weighted by Crippen LogP contribution is -2.09. The minimum atomic E-state index is -1.72. The molecular formula is C18H11F5O2. The molecule has 2 nitrogen and oxygen atoms in total. The molecule has 4 rings (SSSR count). The fraction of sp³-hybridized carbons (Fsp3) is 0.222. The zero-order chi connectivity index (χ0) is 18.3. The van der Waals surface area contributed by atoms with Crippen LogP contribution in [-0.2, 0) is 12.8 Å². The Morgan fingerprint density at radius 3 is 1.96 bits per heavy atom. The standard InChI is InChI=1S/C9H5F3O.C9H6F2O/c10-5-1-4-2-7(12)9(13)8(4)6(11)3-5;10-6-3-5-1-2-8(12)9(5)7(11)4-6/h1,3,7H,2H2;3-4H,1-2H2. The Morgan fingerprint density at radius 1 is 0.760 bits per heavy atom. The second kappa shape index (κ2) is 6.38. The minimum absolute atomic E-state index is 0.0800. The van der Waals surface area contributed by atoms with Crippen LogP contribution in [0.3, 0.4) is 0 Å². The molecule has 25 heavy (non-hydrogen) atoms. The fourth-order valence-electron chi connectivity index (χ4n) is 3.02.